The lowest BCUT2D eigenvalue weighted by Gasteiger charge is -2.38. The number of aromatic nitrogens is 1. The average molecular weight is 288 g/mol. The van der Waals surface area contributed by atoms with E-state index in [-0.39, 0.29) is 11.9 Å². The molecule has 0 spiro atoms. The van der Waals surface area contributed by atoms with E-state index in [9.17, 15) is 4.79 Å². The summed E-state index contributed by atoms with van der Waals surface area (Å²) in [6.45, 7) is 6.51. The first-order valence-electron chi connectivity index (χ1n) is 7.95. The molecule has 0 saturated carbocycles. The number of piperazine rings is 1. The van der Waals surface area contributed by atoms with Gasteiger partial charge in [-0.1, -0.05) is 6.07 Å². The van der Waals surface area contributed by atoms with E-state index in [0.29, 0.717) is 0 Å². The van der Waals surface area contributed by atoms with Crippen molar-refractivity contribution < 1.29 is 4.79 Å². The molecule has 5 heteroatoms. The van der Waals surface area contributed by atoms with Gasteiger partial charge in [-0.25, -0.2) is 4.98 Å². The van der Waals surface area contributed by atoms with Gasteiger partial charge < -0.3 is 15.1 Å². The van der Waals surface area contributed by atoms with Crippen LogP contribution in [0.3, 0.4) is 0 Å². The van der Waals surface area contributed by atoms with Crippen LogP contribution in [0.4, 0.5) is 5.82 Å². The Morgan fingerprint density at radius 2 is 2.10 bits per heavy atom. The second kappa shape index (κ2) is 6.43. The Morgan fingerprint density at radius 3 is 2.86 bits per heavy atom. The van der Waals surface area contributed by atoms with Gasteiger partial charge in [0.15, 0.2) is 0 Å². The van der Waals surface area contributed by atoms with E-state index < -0.39 is 0 Å². The Balaban J connectivity index is 1.91. The number of nitrogens with one attached hydrogen (secondary N) is 1. The summed E-state index contributed by atoms with van der Waals surface area (Å²) in [5.74, 6) is 1.24. The van der Waals surface area contributed by atoms with Crippen molar-refractivity contribution >= 4 is 11.7 Å². The van der Waals surface area contributed by atoms with Crippen molar-refractivity contribution in [3.63, 3.8) is 0 Å². The lowest BCUT2D eigenvalue weighted by molar-refractivity contribution is -0.132. The molecule has 0 aliphatic carbocycles. The van der Waals surface area contributed by atoms with Crippen LogP contribution >= 0.6 is 0 Å². The van der Waals surface area contributed by atoms with Crippen molar-refractivity contribution in [2.45, 2.75) is 32.2 Å². The summed E-state index contributed by atoms with van der Waals surface area (Å²) in [4.78, 5) is 20.9. The minimum atomic E-state index is 0.176. The summed E-state index contributed by atoms with van der Waals surface area (Å²) >= 11 is 0. The van der Waals surface area contributed by atoms with Crippen LogP contribution in [0.15, 0.2) is 18.3 Å². The van der Waals surface area contributed by atoms with E-state index in [1.165, 1.54) is 12.0 Å². The largest absolute Gasteiger partial charge is 0.354 e. The molecule has 3 heterocycles. The number of rotatable bonds is 2. The topological polar surface area (TPSA) is 48.5 Å². The van der Waals surface area contributed by atoms with Crippen LogP contribution < -0.4 is 10.2 Å². The molecule has 2 aliphatic heterocycles. The Bertz CT molecular complexity index is 499. The maximum Gasteiger partial charge on any atom is 0.219 e. The van der Waals surface area contributed by atoms with Crippen molar-refractivity contribution in [3.8, 4) is 0 Å². The zero-order valence-corrected chi connectivity index (χ0v) is 12.7. The lowest BCUT2D eigenvalue weighted by atomic mass is 9.95. The highest BCUT2D eigenvalue weighted by molar-refractivity contribution is 5.74. The molecule has 1 atom stereocenters. The van der Waals surface area contributed by atoms with E-state index in [4.69, 9.17) is 0 Å². The van der Waals surface area contributed by atoms with Crippen LogP contribution in [-0.2, 0) is 4.79 Å². The Hall–Kier alpha value is -1.62. The van der Waals surface area contributed by atoms with Gasteiger partial charge in [0, 0.05) is 51.4 Å². The fraction of sp³-hybridized carbons (Fsp3) is 0.625. The number of carbonyl (C=O) groups excluding carboxylic acids is 1. The van der Waals surface area contributed by atoms with Crippen molar-refractivity contribution in [3.05, 3.63) is 23.9 Å². The highest BCUT2D eigenvalue weighted by Crippen LogP contribution is 2.35. The zero-order chi connectivity index (χ0) is 14.7. The van der Waals surface area contributed by atoms with Gasteiger partial charge >= 0.3 is 0 Å². The molecule has 1 amide bonds. The molecule has 5 nitrogen and oxygen atoms in total. The summed E-state index contributed by atoms with van der Waals surface area (Å²) in [7, 11) is 0. The smallest absolute Gasteiger partial charge is 0.219 e. The van der Waals surface area contributed by atoms with Gasteiger partial charge in [-0.15, -0.1) is 0 Å². The van der Waals surface area contributed by atoms with Crippen LogP contribution in [-0.4, -0.2) is 48.5 Å². The number of nitrogens with zero attached hydrogens (tertiary/aromatic N) is 3. The minimum Gasteiger partial charge on any atom is -0.354 e. The number of amides is 1. The van der Waals surface area contributed by atoms with Gasteiger partial charge in [-0.3, -0.25) is 4.79 Å². The second-order valence-electron chi connectivity index (χ2n) is 5.88. The number of hydrogen-bond acceptors (Lipinski definition) is 4. The highest BCUT2D eigenvalue weighted by atomic mass is 16.2. The van der Waals surface area contributed by atoms with Gasteiger partial charge in [-0.05, 0) is 25.3 Å². The molecule has 114 valence electrons. The second-order valence-corrected chi connectivity index (χ2v) is 5.88. The van der Waals surface area contributed by atoms with E-state index in [2.05, 4.69) is 21.3 Å². The molecule has 0 unspecified atom stereocenters. The maximum absolute atomic E-state index is 12.0. The monoisotopic (exact) mass is 288 g/mol. The van der Waals surface area contributed by atoms with Crippen LogP contribution in [0, 0.1) is 0 Å². The lowest BCUT2D eigenvalue weighted by Crippen LogP contribution is -2.45. The number of anilines is 1. The van der Waals surface area contributed by atoms with Crippen molar-refractivity contribution in [1.82, 2.24) is 15.2 Å². The van der Waals surface area contributed by atoms with E-state index in [1.807, 2.05) is 17.2 Å². The summed E-state index contributed by atoms with van der Waals surface area (Å²) in [5, 5.41) is 3.38. The standard InChI is InChI=1S/C16H24N4O/c1-13(21)20-10-3-2-6-15(20)14-5-4-7-18-16(14)19-11-8-17-9-12-19/h4-5,7,15,17H,2-3,6,8-12H2,1H3/t15-/m1/s1. The van der Waals surface area contributed by atoms with Crippen molar-refractivity contribution in [2.24, 2.45) is 0 Å². The normalized spacial score (nSPS) is 23.2. The third-order valence-electron chi connectivity index (χ3n) is 4.50. The Kier molecular flexibility index (Phi) is 4.39. The average Bonchev–Trinajstić information content (AvgIpc) is 2.55. The van der Waals surface area contributed by atoms with Gasteiger partial charge in [0.25, 0.3) is 0 Å². The number of hydrogen-bond donors (Lipinski definition) is 1. The maximum atomic E-state index is 12.0. The van der Waals surface area contributed by atoms with Crippen molar-refractivity contribution in [2.75, 3.05) is 37.6 Å². The number of likely N-dealkylation sites (tertiary alicyclic amines) is 1. The number of carbonyl (C=O) groups is 1. The molecule has 21 heavy (non-hydrogen) atoms. The molecule has 2 aliphatic rings. The quantitative estimate of drug-likeness (QED) is 0.897. The molecule has 3 rings (SSSR count). The third kappa shape index (κ3) is 3.02. The van der Waals surface area contributed by atoms with Crippen LogP contribution in [0.1, 0.15) is 37.8 Å². The van der Waals surface area contributed by atoms with Gasteiger partial charge in [0.05, 0.1) is 6.04 Å². The first kappa shape index (κ1) is 14.3. The zero-order valence-electron chi connectivity index (χ0n) is 12.7. The molecule has 0 aromatic carbocycles. The SMILES string of the molecule is CC(=O)N1CCCC[C@@H]1c1cccnc1N1CCNCC1. The molecule has 2 fully saturated rings. The first-order valence-corrected chi connectivity index (χ1v) is 7.95. The van der Waals surface area contributed by atoms with E-state index in [0.717, 1.165) is 51.4 Å². The fourth-order valence-corrected chi connectivity index (χ4v) is 3.44. The molecule has 1 aromatic heterocycles. The highest BCUT2D eigenvalue weighted by Gasteiger charge is 2.29. The Labute approximate surface area is 126 Å². The predicted molar refractivity (Wildman–Crippen MR) is 83.3 cm³/mol. The van der Waals surface area contributed by atoms with Gasteiger partial charge in [0.1, 0.15) is 5.82 Å². The van der Waals surface area contributed by atoms with E-state index in [1.54, 1.807) is 6.92 Å². The molecular formula is C16H24N4O. The summed E-state index contributed by atoms with van der Waals surface area (Å²) < 4.78 is 0. The molecule has 1 aromatic rings. The molecule has 0 bridgehead atoms. The minimum absolute atomic E-state index is 0.176. The summed E-state index contributed by atoms with van der Waals surface area (Å²) in [6.07, 6.45) is 5.20. The fourth-order valence-electron chi connectivity index (χ4n) is 3.44. The third-order valence-corrected chi connectivity index (χ3v) is 4.50. The van der Waals surface area contributed by atoms with E-state index >= 15 is 0 Å². The van der Waals surface area contributed by atoms with Crippen LogP contribution in [0.25, 0.3) is 0 Å². The molecular weight excluding hydrogens is 264 g/mol. The summed E-state index contributed by atoms with van der Waals surface area (Å²) in [6, 6.07) is 4.33. The first-order chi connectivity index (χ1) is 10.3. The predicted octanol–water partition coefficient (Wildman–Crippen LogP) is 1.56. The molecule has 1 N–H and O–H groups in total. The van der Waals surface area contributed by atoms with Crippen molar-refractivity contribution in [1.29, 1.82) is 0 Å². The van der Waals surface area contributed by atoms with Crippen LogP contribution in [0.5, 0.6) is 0 Å². The molecule has 0 radical (unpaired) electrons. The Morgan fingerprint density at radius 1 is 1.29 bits per heavy atom. The summed E-state index contributed by atoms with van der Waals surface area (Å²) in [5.41, 5.74) is 1.22. The van der Waals surface area contributed by atoms with Crippen LogP contribution in [0.2, 0.25) is 0 Å². The van der Waals surface area contributed by atoms with Gasteiger partial charge in [-0.2, -0.15) is 0 Å². The van der Waals surface area contributed by atoms with Gasteiger partial charge in [0.2, 0.25) is 5.91 Å². The number of piperidine rings is 1. The number of pyridine rings is 1. The molecule has 2 saturated heterocycles.